The van der Waals surface area contributed by atoms with Gasteiger partial charge in [0.25, 0.3) is 6.71 Å². The van der Waals surface area contributed by atoms with Crippen LogP contribution in [0.2, 0.25) is 0 Å². The quantitative estimate of drug-likeness (QED) is 0.101. The van der Waals surface area contributed by atoms with Gasteiger partial charge in [0.05, 0.1) is 33.4 Å². The molecule has 0 radical (unpaired) electrons. The molecule has 19 aromatic carbocycles. The molecule has 0 aliphatic carbocycles. The average molecular weight is 1510 g/mol. The van der Waals surface area contributed by atoms with Crippen LogP contribution in [-0.2, 0) is 0 Å². The standard InChI is InChI=1S/C114H75BN4/c1-5-36-76(37-6-1)82-44-13-17-48-86(82)90-52-21-23-54-92(90)100-62-34-63-101(93-55-24-22-53-91(93)87-49-18-14-45-83(87)77-38-7-2-8-39-77)114(100)119-109-69-35-68-108-112(109)115(103-73-71-81(75-111(103)119)117-106-66-31-27-58-96(106)97-59-28-32-67-107(97)117)102-72-70-80(116-104-64-29-25-56-94(104)95-57-26-30-65-105(95)116)74-110(102)118(108)113-98(88-50-19-15-46-84(88)78-40-9-3-10-41-78)60-33-61-99(113)89-51-20-16-47-85(89)79-42-11-4-12-43-79/h1-75H. The SMILES string of the molecule is c1ccc(-c2ccccc2-c2ccccc2-c2cccc(-c3ccccc3-c3ccccc3-c3ccccc3)c2N2c3cc(-n4c5ccccc5c5ccccc54)ccc3B3c4ccc(-n5c6ccccc6c6ccccc65)cc4N(c4c(-c5ccccc5-c5ccccc5)cccc4-c4ccccc4-c4ccccc4)c4cccc2c43)cc1. The first-order valence-electron chi connectivity index (χ1n) is 41.2. The van der Waals surface area contributed by atoms with Gasteiger partial charge in [0.15, 0.2) is 0 Å². The van der Waals surface area contributed by atoms with E-state index < -0.39 is 0 Å². The summed E-state index contributed by atoms with van der Waals surface area (Å²) < 4.78 is 5.00. The highest BCUT2D eigenvalue weighted by Gasteiger charge is 2.46. The van der Waals surface area contributed by atoms with E-state index in [4.69, 9.17) is 0 Å². The molecular weight excluding hydrogens is 1440 g/mol. The van der Waals surface area contributed by atoms with Crippen LogP contribution in [0.25, 0.3) is 166 Å². The molecule has 0 fully saturated rings. The highest BCUT2D eigenvalue weighted by Crippen LogP contribution is 2.57. The van der Waals surface area contributed by atoms with E-state index >= 15 is 0 Å². The van der Waals surface area contributed by atoms with E-state index in [-0.39, 0.29) is 6.71 Å². The summed E-state index contributed by atoms with van der Waals surface area (Å²) in [6.45, 7) is -0.312. The van der Waals surface area contributed by atoms with Gasteiger partial charge in [-0.15, -0.1) is 0 Å². The van der Waals surface area contributed by atoms with Crippen LogP contribution >= 0.6 is 0 Å². The van der Waals surface area contributed by atoms with Crippen molar-refractivity contribution in [3.05, 3.63) is 455 Å². The fraction of sp³-hybridized carbons (Fsp3) is 0. The fourth-order valence-electron chi connectivity index (χ4n) is 19.8. The molecule has 0 unspecified atom stereocenters. The topological polar surface area (TPSA) is 16.3 Å². The molecule has 4 nitrogen and oxygen atoms in total. The summed E-state index contributed by atoms with van der Waals surface area (Å²) in [7, 11) is 0. The second-order valence-corrected chi connectivity index (χ2v) is 31.2. The van der Waals surface area contributed by atoms with Gasteiger partial charge in [-0.3, -0.25) is 0 Å². The van der Waals surface area contributed by atoms with Crippen molar-refractivity contribution in [2.24, 2.45) is 0 Å². The maximum Gasteiger partial charge on any atom is 0.252 e. The van der Waals surface area contributed by atoms with Crippen LogP contribution in [0.5, 0.6) is 0 Å². The molecule has 23 rings (SSSR count). The molecule has 119 heavy (non-hydrogen) atoms. The van der Waals surface area contributed by atoms with Crippen LogP contribution < -0.4 is 26.2 Å². The molecule has 554 valence electrons. The lowest BCUT2D eigenvalue weighted by atomic mass is 9.33. The van der Waals surface area contributed by atoms with Crippen molar-refractivity contribution >= 4 is 101 Å². The Labute approximate surface area is 692 Å². The van der Waals surface area contributed by atoms with Gasteiger partial charge < -0.3 is 18.9 Å². The number of anilines is 6. The molecular formula is C114H75BN4. The molecule has 0 spiro atoms. The summed E-state index contributed by atoms with van der Waals surface area (Å²) in [6, 6.07) is 170. The van der Waals surface area contributed by atoms with Crippen LogP contribution in [0.15, 0.2) is 455 Å². The van der Waals surface area contributed by atoms with E-state index in [2.05, 4.69) is 474 Å². The monoisotopic (exact) mass is 1510 g/mol. The lowest BCUT2D eigenvalue weighted by molar-refractivity contribution is 1.17. The maximum atomic E-state index is 2.71. The molecule has 0 atom stereocenters. The largest absolute Gasteiger partial charge is 0.310 e. The van der Waals surface area contributed by atoms with Crippen molar-refractivity contribution in [2.45, 2.75) is 0 Å². The van der Waals surface area contributed by atoms with Gasteiger partial charge in [-0.1, -0.05) is 394 Å². The predicted molar refractivity (Wildman–Crippen MR) is 504 cm³/mol. The smallest absolute Gasteiger partial charge is 0.252 e. The van der Waals surface area contributed by atoms with Crippen molar-refractivity contribution in [1.82, 2.24) is 9.13 Å². The van der Waals surface area contributed by atoms with E-state index in [9.17, 15) is 0 Å². The molecule has 0 saturated carbocycles. The lowest BCUT2D eigenvalue weighted by Crippen LogP contribution is -2.61. The van der Waals surface area contributed by atoms with Crippen LogP contribution in [0.4, 0.5) is 34.1 Å². The third-order valence-corrected chi connectivity index (χ3v) is 24.8. The zero-order chi connectivity index (χ0) is 78.4. The molecule has 2 aliphatic heterocycles. The Balaban J connectivity index is 0.875. The second kappa shape index (κ2) is 28.8. The highest BCUT2D eigenvalue weighted by molar-refractivity contribution is 7.00. The van der Waals surface area contributed by atoms with E-state index in [1.54, 1.807) is 0 Å². The Morgan fingerprint density at radius 2 is 0.378 bits per heavy atom. The minimum Gasteiger partial charge on any atom is -0.310 e. The van der Waals surface area contributed by atoms with Crippen LogP contribution in [0, 0.1) is 0 Å². The van der Waals surface area contributed by atoms with Crippen LogP contribution in [0.1, 0.15) is 0 Å². The number of aromatic nitrogens is 2. The Hall–Kier alpha value is -15.6. The van der Waals surface area contributed by atoms with E-state index in [0.717, 1.165) is 179 Å². The second-order valence-electron chi connectivity index (χ2n) is 31.2. The molecule has 0 amide bonds. The van der Waals surface area contributed by atoms with Crippen molar-refractivity contribution in [3.63, 3.8) is 0 Å². The Kier molecular flexibility index (Phi) is 16.7. The lowest BCUT2D eigenvalue weighted by Gasteiger charge is -2.46. The van der Waals surface area contributed by atoms with E-state index in [1.165, 1.54) is 37.9 Å². The molecule has 0 saturated heterocycles. The highest BCUT2D eigenvalue weighted by atomic mass is 15.2. The molecule has 0 bridgehead atoms. The first kappa shape index (κ1) is 69.0. The number of benzene rings is 19. The molecule has 2 aliphatic rings. The summed E-state index contributed by atoms with van der Waals surface area (Å²) >= 11 is 0. The third-order valence-electron chi connectivity index (χ3n) is 24.8. The fourth-order valence-corrected chi connectivity index (χ4v) is 19.8. The van der Waals surface area contributed by atoms with Crippen molar-refractivity contribution in [3.8, 4) is 123 Å². The summed E-state index contributed by atoms with van der Waals surface area (Å²) in [4.78, 5) is 5.41. The number of fused-ring (bicyclic) bond motifs is 10. The summed E-state index contributed by atoms with van der Waals surface area (Å²) in [5.41, 5.74) is 39.4. The molecule has 0 N–H and O–H groups in total. The van der Waals surface area contributed by atoms with Crippen LogP contribution in [0.3, 0.4) is 0 Å². The first-order valence-corrected chi connectivity index (χ1v) is 41.2. The zero-order valence-corrected chi connectivity index (χ0v) is 65.2. The van der Waals surface area contributed by atoms with Crippen molar-refractivity contribution in [2.75, 3.05) is 9.80 Å². The third kappa shape index (κ3) is 11.3. The van der Waals surface area contributed by atoms with E-state index in [0.29, 0.717) is 0 Å². The Morgan fingerprint density at radius 3 is 0.672 bits per heavy atom. The summed E-state index contributed by atoms with van der Waals surface area (Å²) in [5.74, 6) is 0. The van der Waals surface area contributed by atoms with Crippen molar-refractivity contribution in [1.29, 1.82) is 0 Å². The van der Waals surface area contributed by atoms with E-state index in [1.807, 2.05) is 0 Å². The van der Waals surface area contributed by atoms with Gasteiger partial charge in [-0.05, 0) is 166 Å². The van der Waals surface area contributed by atoms with Gasteiger partial charge >= 0.3 is 0 Å². The minimum absolute atomic E-state index is 0.312. The molecule has 2 aromatic heterocycles. The first-order chi connectivity index (χ1) is 59.1. The number of hydrogen-bond acceptors (Lipinski definition) is 2. The van der Waals surface area contributed by atoms with Gasteiger partial charge in [-0.25, -0.2) is 0 Å². The Morgan fingerprint density at radius 1 is 0.160 bits per heavy atom. The molecule has 5 heteroatoms. The van der Waals surface area contributed by atoms with Gasteiger partial charge in [0.1, 0.15) is 0 Å². The Bertz CT molecular complexity index is 7210. The average Bonchev–Trinajstić information content (AvgIpc) is 0.711. The predicted octanol–water partition coefficient (Wildman–Crippen LogP) is 28.6. The maximum absolute atomic E-state index is 2.71. The number of nitrogens with zero attached hydrogens (tertiary/aromatic N) is 4. The van der Waals surface area contributed by atoms with Gasteiger partial charge in [0, 0.05) is 77.9 Å². The zero-order valence-electron chi connectivity index (χ0n) is 65.2. The minimum atomic E-state index is -0.312. The van der Waals surface area contributed by atoms with Crippen molar-refractivity contribution < 1.29 is 0 Å². The molecule has 21 aromatic rings. The number of hydrogen-bond donors (Lipinski definition) is 0. The van der Waals surface area contributed by atoms with Gasteiger partial charge in [-0.2, -0.15) is 0 Å². The number of rotatable bonds is 14. The summed E-state index contributed by atoms with van der Waals surface area (Å²) in [6.07, 6.45) is 0. The normalized spacial score (nSPS) is 12.2. The molecule has 4 heterocycles. The van der Waals surface area contributed by atoms with Gasteiger partial charge in [0.2, 0.25) is 0 Å². The number of para-hydroxylation sites is 6. The van der Waals surface area contributed by atoms with Crippen LogP contribution in [-0.4, -0.2) is 15.8 Å². The summed E-state index contributed by atoms with van der Waals surface area (Å²) in [5, 5.41) is 4.83.